The first-order valence-corrected chi connectivity index (χ1v) is 8.98. The molecule has 0 aliphatic heterocycles. The van der Waals surface area contributed by atoms with E-state index in [0.29, 0.717) is 18.3 Å². The van der Waals surface area contributed by atoms with Gasteiger partial charge in [-0.15, -0.1) is 0 Å². The van der Waals surface area contributed by atoms with Crippen molar-refractivity contribution in [2.45, 2.75) is 52.1 Å². The lowest BCUT2D eigenvalue weighted by molar-refractivity contribution is -0.130. The summed E-state index contributed by atoms with van der Waals surface area (Å²) in [7, 11) is 0. The molecule has 4 aliphatic carbocycles. The van der Waals surface area contributed by atoms with Crippen LogP contribution in [0.1, 0.15) is 46.0 Å². The van der Waals surface area contributed by atoms with Crippen LogP contribution in [0.2, 0.25) is 0 Å². The predicted molar refractivity (Wildman–Crippen MR) is 87.6 cm³/mol. The van der Waals surface area contributed by atoms with E-state index in [0.717, 1.165) is 32.0 Å². The van der Waals surface area contributed by atoms with E-state index in [2.05, 4.69) is 13.8 Å². The smallest absolute Gasteiger partial charge is 0.178 e. The van der Waals surface area contributed by atoms with E-state index < -0.39 is 6.10 Å². The van der Waals surface area contributed by atoms with Crippen LogP contribution in [0.25, 0.3) is 0 Å². The molecule has 3 heteroatoms. The fourth-order valence-corrected chi connectivity index (χ4v) is 6.59. The fraction of sp³-hybridized carbons (Fsp3) is 0.700. The molecule has 1 N–H and O–H groups in total. The molecular formula is C20H26O3. The van der Waals surface area contributed by atoms with Crippen LogP contribution >= 0.6 is 0 Å². The van der Waals surface area contributed by atoms with Gasteiger partial charge in [0.05, 0.1) is 6.10 Å². The number of aliphatic hydroxyl groups is 1. The SMILES string of the molecule is C[C@]12C=CC(=O)C=C1CCC1C2C(O)C[C@@]2(C)C1CC[C@@H]2C=O. The van der Waals surface area contributed by atoms with Crippen LogP contribution in [0.4, 0.5) is 0 Å². The third-order valence-electron chi connectivity index (χ3n) is 7.73. The van der Waals surface area contributed by atoms with Crippen LogP contribution in [0, 0.1) is 34.5 Å². The van der Waals surface area contributed by atoms with Gasteiger partial charge in [0.1, 0.15) is 6.29 Å². The summed E-state index contributed by atoms with van der Waals surface area (Å²) in [5, 5.41) is 11.0. The van der Waals surface area contributed by atoms with Crippen LogP contribution in [-0.2, 0) is 9.59 Å². The van der Waals surface area contributed by atoms with Crippen molar-refractivity contribution in [3.05, 3.63) is 23.8 Å². The summed E-state index contributed by atoms with van der Waals surface area (Å²) < 4.78 is 0. The molecule has 0 aromatic rings. The van der Waals surface area contributed by atoms with Crippen LogP contribution in [-0.4, -0.2) is 23.3 Å². The third kappa shape index (κ3) is 1.92. The summed E-state index contributed by atoms with van der Waals surface area (Å²) in [6.45, 7) is 4.41. The molecule has 0 aromatic heterocycles. The summed E-state index contributed by atoms with van der Waals surface area (Å²) >= 11 is 0. The second-order valence-corrected chi connectivity index (χ2v) is 8.62. The van der Waals surface area contributed by atoms with Gasteiger partial charge in [0, 0.05) is 17.3 Å². The maximum Gasteiger partial charge on any atom is 0.178 e. The van der Waals surface area contributed by atoms with Gasteiger partial charge in [-0.25, -0.2) is 0 Å². The zero-order valence-electron chi connectivity index (χ0n) is 14.0. The topological polar surface area (TPSA) is 54.4 Å². The Hall–Kier alpha value is -1.22. The van der Waals surface area contributed by atoms with E-state index in [1.54, 1.807) is 12.2 Å². The average Bonchev–Trinajstić information content (AvgIpc) is 2.83. The Kier molecular flexibility index (Phi) is 3.26. The van der Waals surface area contributed by atoms with Crippen molar-refractivity contribution in [3.8, 4) is 0 Å². The second-order valence-electron chi connectivity index (χ2n) is 8.62. The molecule has 4 aliphatic rings. The lowest BCUT2D eigenvalue weighted by Crippen LogP contribution is -2.55. The summed E-state index contributed by atoms with van der Waals surface area (Å²) in [5.74, 6) is 1.32. The molecule has 124 valence electrons. The van der Waals surface area contributed by atoms with Gasteiger partial charge >= 0.3 is 0 Å². The predicted octanol–water partition coefficient (Wildman–Crippen LogP) is 3.08. The fourth-order valence-electron chi connectivity index (χ4n) is 6.59. The molecule has 0 spiro atoms. The minimum absolute atomic E-state index is 0.0475. The Bertz CT molecular complexity index is 618. The number of aldehydes is 1. The Labute approximate surface area is 137 Å². The highest BCUT2D eigenvalue weighted by molar-refractivity contribution is 6.01. The molecule has 3 nitrogen and oxygen atoms in total. The number of hydrogen-bond acceptors (Lipinski definition) is 3. The first kappa shape index (κ1) is 15.3. The Morgan fingerprint density at radius 1 is 1.26 bits per heavy atom. The largest absolute Gasteiger partial charge is 0.393 e. The minimum Gasteiger partial charge on any atom is -0.393 e. The van der Waals surface area contributed by atoms with Crippen molar-refractivity contribution in [2.75, 3.05) is 0 Å². The lowest BCUT2D eigenvalue weighted by Gasteiger charge is -2.58. The highest BCUT2D eigenvalue weighted by Gasteiger charge is 2.61. The normalized spacial score (nSPS) is 51.5. The van der Waals surface area contributed by atoms with E-state index >= 15 is 0 Å². The van der Waals surface area contributed by atoms with Crippen molar-refractivity contribution in [1.29, 1.82) is 0 Å². The molecule has 0 radical (unpaired) electrons. The highest BCUT2D eigenvalue weighted by atomic mass is 16.3. The number of aliphatic hydroxyl groups excluding tert-OH is 1. The molecule has 3 saturated carbocycles. The van der Waals surface area contributed by atoms with Crippen molar-refractivity contribution in [3.63, 3.8) is 0 Å². The van der Waals surface area contributed by atoms with Gasteiger partial charge in [-0.1, -0.05) is 25.5 Å². The van der Waals surface area contributed by atoms with E-state index in [1.807, 2.05) is 6.08 Å². The maximum atomic E-state index is 11.8. The monoisotopic (exact) mass is 314 g/mol. The van der Waals surface area contributed by atoms with Gasteiger partial charge in [-0.3, -0.25) is 4.79 Å². The zero-order valence-corrected chi connectivity index (χ0v) is 14.0. The molecule has 4 unspecified atom stereocenters. The van der Waals surface area contributed by atoms with E-state index in [1.165, 1.54) is 5.57 Å². The summed E-state index contributed by atoms with van der Waals surface area (Å²) in [4.78, 5) is 23.3. The first-order chi connectivity index (χ1) is 10.9. The second kappa shape index (κ2) is 4.89. The Balaban J connectivity index is 1.75. The zero-order chi connectivity index (χ0) is 16.4. The molecule has 3 fully saturated rings. The van der Waals surface area contributed by atoms with Crippen molar-refractivity contribution >= 4 is 12.1 Å². The van der Waals surface area contributed by atoms with E-state index in [-0.39, 0.29) is 28.4 Å². The first-order valence-electron chi connectivity index (χ1n) is 8.98. The Morgan fingerprint density at radius 3 is 2.78 bits per heavy atom. The van der Waals surface area contributed by atoms with Crippen LogP contribution in [0.5, 0.6) is 0 Å². The molecular weight excluding hydrogens is 288 g/mol. The number of fused-ring (bicyclic) bond motifs is 5. The number of carbonyl (C=O) groups is 2. The van der Waals surface area contributed by atoms with Gasteiger partial charge in [0.2, 0.25) is 0 Å². The maximum absolute atomic E-state index is 11.8. The standard InChI is InChI=1S/C20H26O3/c1-19-8-7-14(22)9-12(19)3-5-15-16-6-4-13(11-21)20(16,2)10-17(23)18(15)19/h7-9,11,13,15-18,23H,3-6,10H2,1-2H3/t13-,15?,16?,17?,18?,19+,20-/m1/s1. The number of carbonyl (C=O) groups excluding carboxylic acids is 2. The van der Waals surface area contributed by atoms with Gasteiger partial charge in [-0.05, 0) is 61.5 Å². The van der Waals surface area contributed by atoms with Crippen LogP contribution in [0.3, 0.4) is 0 Å². The molecule has 23 heavy (non-hydrogen) atoms. The molecule has 4 rings (SSSR count). The van der Waals surface area contributed by atoms with Crippen molar-refractivity contribution < 1.29 is 14.7 Å². The minimum atomic E-state index is -0.395. The van der Waals surface area contributed by atoms with Gasteiger partial charge < -0.3 is 9.90 Å². The third-order valence-corrected chi connectivity index (χ3v) is 7.73. The lowest BCUT2D eigenvalue weighted by atomic mass is 9.47. The number of hydrogen-bond donors (Lipinski definition) is 1. The summed E-state index contributed by atoms with van der Waals surface area (Å²) in [6, 6.07) is 0. The molecule has 0 heterocycles. The van der Waals surface area contributed by atoms with Crippen LogP contribution in [0.15, 0.2) is 23.8 Å². The van der Waals surface area contributed by atoms with Gasteiger partial charge in [0.25, 0.3) is 0 Å². The average molecular weight is 314 g/mol. The highest BCUT2D eigenvalue weighted by Crippen LogP contribution is 2.65. The Morgan fingerprint density at radius 2 is 2.04 bits per heavy atom. The van der Waals surface area contributed by atoms with Gasteiger partial charge in [0.15, 0.2) is 5.78 Å². The van der Waals surface area contributed by atoms with Crippen molar-refractivity contribution in [2.24, 2.45) is 34.5 Å². The number of rotatable bonds is 1. The molecule has 0 bridgehead atoms. The summed E-state index contributed by atoms with van der Waals surface area (Å²) in [5.41, 5.74) is 0.948. The van der Waals surface area contributed by atoms with E-state index in [9.17, 15) is 14.7 Å². The van der Waals surface area contributed by atoms with Crippen molar-refractivity contribution in [1.82, 2.24) is 0 Å². The summed E-state index contributed by atoms with van der Waals surface area (Å²) in [6.07, 6.45) is 11.0. The molecule has 0 saturated heterocycles. The quantitative estimate of drug-likeness (QED) is 0.757. The van der Waals surface area contributed by atoms with E-state index in [4.69, 9.17) is 0 Å². The van der Waals surface area contributed by atoms with Gasteiger partial charge in [-0.2, -0.15) is 0 Å². The molecule has 0 amide bonds. The number of allylic oxidation sites excluding steroid dienone is 4. The molecule has 0 aromatic carbocycles. The molecule has 7 atom stereocenters. The van der Waals surface area contributed by atoms with Crippen LogP contribution < -0.4 is 0 Å². The number of ketones is 1.